The molecule has 1 unspecified atom stereocenters. The molecular formula is C18H21BO5S. The van der Waals surface area contributed by atoms with Crippen LogP contribution in [0.5, 0.6) is 5.75 Å². The van der Waals surface area contributed by atoms with Gasteiger partial charge in [0.1, 0.15) is 11.5 Å². The van der Waals surface area contributed by atoms with Crippen LogP contribution in [0.1, 0.15) is 40.1 Å². The van der Waals surface area contributed by atoms with Crippen LogP contribution >= 0.6 is 11.3 Å². The number of ketones is 2. The van der Waals surface area contributed by atoms with Crippen molar-refractivity contribution in [3.63, 3.8) is 0 Å². The van der Waals surface area contributed by atoms with Crippen molar-refractivity contribution in [1.29, 1.82) is 0 Å². The Labute approximate surface area is 151 Å². The number of phenolic OH excluding ortho intramolecular Hbond substituents is 1. The van der Waals surface area contributed by atoms with Crippen molar-refractivity contribution in [1.82, 2.24) is 0 Å². The fourth-order valence-electron chi connectivity index (χ4n) is 2.66. The molecule has 0 radical (unpaired) electrons. The maximum absolute atomic E-state index is 12.1. The third-order valence-electron chi connectivity index (χ3n) is 4.14. The van der Waals surface area contributed by atoms with E-state index in [1.807, 2.05) is 5.38 Å². The number of aryl methyl sites for hydroxylation is 1. The zero-order chi connectivity index (χ0) is 18.4. The van der Waals surface area contributed by atoms with Crippen molar-refractivity contribution in [3.8, 4) is 5.75 Å². The van der Waals surface area contributed by atoms with Gasteiger partial charge in [-0.25, -0.2) is 0 Å². The van der Waals surface area contributed by atoms with Crippen LogP contribution in [0.25, 0.3) is 0 Å². The fraction of sp³-hybridized carbons (Fsp3) is 0.333. The van der Waals surface area contributed by atoms with Crippen molar-refractivity contribution < 1.29 is 24.7 Å². The molecular weight excluding hydrogens is 339 g/mol. The number of carbonyl (C=O) groups excluding carboxylic acids is 2. The molecule has 2 rings (SSSR count). The van der Waals surface area contributed by atoms with E-state index < -0.39 is 12.9 Å². The van der Waals surface area contributed by atoms with Crippen LogP contribution in [0.3, 0.4) is 0 Å². The molecule has 3 N–H and O–H groups in total. The Kier molecular flexibility index (Phi) is 6.93. The summed E-state index contributed by atoms with van der Waals surface area (Å²) in [7, 11) is -1.67. The van der Waals surface area contributed by atoms with Gasteiger partial charge in [0.25, 0.3) is 0 Å². The maximum atomic E-state index is 12.1. The summed E-state index contributed by atoms with van der Waals surface area (Å²) in [5, 5.41) is 31.0. The Bertz CT molecular complexity index is 727. The zero-order valence-corrected chi connectivity index (χ0v) is 14.8. The lowest BCUT2D eigenvalue weighted by Gasteiger charge is -2.16. The molecule has 2 aromatic rings. The number of carbonyl (C=O) groups is 2. The number of phenols is 1. The summed E-state index contributed by atoms with van der Waals surface area (Å²) >= 11 is 1.34. The summed E-state index contributed by atoms with van der Waals surface area (Å²) < 4.78 is 0. The Balaban J connectivity index is 1.93. The van der Waals surface area contributed by atoms with Gasteiger partial charge in [-0.1, -0.05) is 24.3 Å². The Hall–Kier alpha value is -1.96. The monoisotopic (exact) mass is 360 g/mol. The second kappa shape index (κ2) is 8.94. The second-order valence-electron chi connectivity index (χ2n) is 6.10. The second-order valence-corrected chi connectivity index (χ2v) is 7.05. The normalized spacial score (nSPS) is 12.0. The largest absolute Gasteiger partial charge is 0.507 e. The highest BCUT2D eigenvalue weighted by Crippen LogP contribution is 2.28. The SMILES string of the molecule is Cc1cccc(CC(CC(=O)CCC(=O)c2cccs2)B(O)O)c1O. The number of thiophene rings is 1. The lowest BCUT2D eigenvalue weighted by Crippen LogP contribution is -2.25. The summed E-state index contributed by atoms with van der Waals surface area (Å²) in [4.78, 5) is 24.7. The minimum absolute atomic E-state index is 0.0528. The van der Waals surface area contributed by atoms with Crippen LogP contribution in [0, 0.1) is 6.92 Å². The predicted octanol–water partition coefficient (Wildman–Crippen LogP) is 2.77. The fourth-order valence-corrected chi connectivity index (χ4v) is 3.35. The van der Waals surface area contributed by atoms with Crippen molar-refractivity contribution in [2.75, 3.05) is 0 Å². The number of hydrogen-bond donors (Lipinski definition) is 3. The average molecular weight is 360 g/mol. The van der Waals surface area contributed by atoms with E-state index in [2.05, 4.69) is 0 Å². The first-order valence-electron chi connectivity index (χ1n) is 8.10. The van der Waals surface area contributed by atoms with Gasteiger partial charge in [-0.2, -0.15) is 0 Å². The summed E-state index contributed by atoms with van der Waals surface area (Å²) in [5.74, 6) is -0.901. The van der Waals surface area contributed by atoms with E-state index in [1.165, 1.54) is 11.3 Å². The highest BCUT2D eigenvalue weighted by atomic mass is 32.1. The molecule has 0 bridgehead atoms. The Morgan fingerprint density at radius 1 is 1.16 bits per heavy atom. The number of hydrogen-bond acceptors (Lipinski definition) is 6. The highest BCUT2D eigenvalue weighted by molar-refractivity contribution is 7.12. The quantitative estimate of drug-likeness (QED) is 0.472. The molecule has 0 saturated heterocycles. The van der Waals surface area contributed by atoms with Gasteiger partial charge in [-0.05, 0) is 35.9 Å². The molecule has 0 fully saturated rings. The van der Waals surface area contributed by atoms with Gasteiger partial charge in [0.15, 0.2) is 5.78 Å². The molecule has 132 valence electrons. The van der Waals surface area contributed by atoms with Crippen LogP contribution in [-0.4, -0.2) is 33.8 Å². The van der Waals surface area contributed by atoms with Gasteiger partial charge in [-0.15, -0.1) is 11.3 Å². The number of para-hydroxylation sites is 1. The van der Waals surface area contributed by atoms with Gasteiger partial charge < -0.3 is 15.2 Å². The van der Waals surface area contributed by atoms with Crippen LogP contribution in [0.4, 0.5) is 0 Å². The first-order valence-corrected chi connectivity index (χ1v) is 8.98. The summed E-state index contributed by atoms with van der Waals surface area (Å²) in [5.41, 5.74) is 1.26. The van der Waals surface area contributed by atoms with E-state index in [0.29, 0.717) is 16.0 Å². The van der Waals surface area contributed by atoms with Crippen molar-refractivity contribution in [3.05, 3.63) is 51.7 Å². The van der Waals surface area contributed by atoms with Crippen molar-refractivity contribution in [2.45, 2.75) is 38.4 Å². The van der Waals surface area contributed by atoms with E-state index >= 15 is 0 Å². The van der Waals surface area contributed by atoms with Crippen LogP contribution in [-0.2, 0) is 11.2 Å². The van der Waals surface area contributed by atoms with Crippen LogP contribution < -0.4 is 0 Å². The molecule has 0 saturated carbocycles. The number of Topliss-reactive ketones (excluding diaryl/α,β-unsaturated/α-hetero) is 2. The van der Waals surface area contributed by atoms with Gasteiger partial charge >= 0.3 is 7.12 Å². The molecule has 1 aromatic carbocycles. The van der Waals surface area contributed by atoms with Gasteiger partial charge in [-0.3, -0.25) is 9.59 Å². The summed E-state index contributed by atoms with van der Waals surface area (Å²) in [6.45, 7) is 1.75. The van der Waals surface area contributed by atoms with Crippen molar-refractivity contribution in [2.24, 2.45) is 0 Å². The van der Waals surface area contributed by atoms with Gasteiger partial charge in [0.2, 0.25) is 0 Å². The van der Waals surface area contributed by atoms with Crippen molar-refractivity contribution >= 4 is 30.0 Å². The summed E-state index contributed by atoms with van der Waals surface area (Å²) in [6.07, 6.45) is 0.307. The molecule has 0 aliphatic heterocycles. The van der Waals surface area contributed by atoms with Gasteiger partial charge in [0.05, 0.1) is 4.88 Å². The third-order valence-corrected chi connectivity index (χ3v) is 5.05. The first kappa shape index (κ1) is 19.4. The number of aromatic hydroxyl groups is 1. The predicted molar refractivity (Wildman–Crippen MR) is 98.0 cm³/mol. The van der Waals surface area contributed by atoms with E-state index in [9.17, 15) is 24.7 Å². The highest BCUT2D eigenvalue weighted by Gasteiger charge is 2.27. The third kappa shape index (κ3) is 5.52. The molecule has 0 spiro atoms. The Morgan fingerprint density at radius 3 is 2.56 bits per heavy atom. The minimum Gasteiger partial charge on any atom is -0.507 e. The maximum Gasteiger partial charge on any atom is 0.455 e. The summed E-state index contributed by atoms with van der Waals surface area (Å²) in [6, 6.07) is 8.73. The molecule has 1 heterocycles. The molecule has 0 aliphatic rings. The Morgan fingerprint density at radius 2 is 1.92 bits per heavy atom. The molecule has 5 nitrogen and oxygen atoms in total. The van der Waals surface area contributed by atoms with Crippen LogP contribution in [0.2, 0.25) is 5.82 Å². The zero-order valence-electron chi connectivity index (χ0n) is 14.0. The average Bonchev–Trinajstić information content (AvgIpc) is 3.10. The topological polar surface area (TPSA) is 94.8 Å². The lowest BCUT2D eigenvalue weighted by atomic mass is 9.66. The van der Waals surface area contributed by atoms with E-state index in [4.69, 9.17) is 0 Å². The molecule has 1 atom stereocenters. The molecule has 0 amide bonds. The van der Waals surface area contributed by atoms with E-state index in [-0.39, 0.29) is 43.0 Å². The molecule has 1 aromatic heterocycles. The number of benzene rings is 1. The van der Waals surface area contributed by atoms with E-state index in [1.54, 1.807) is 37.3 Å². The molecule has 25 heavy (non-hydrogen) atoms. The smallest absolute Gasteiger partial charge is 0.455 e. The number of rotatable bonds is 9. The standard InChI is InChI=1S/C18H21BO5S/c1-12-4-2-5-13(18(12)22)10-14(19(23)24)11-15(20)7-8-16(21)17-6-3-9-25-17/h2-6,9,14,22-24H,7-8,10-11H2,1H3. The first-order chi connectivity index (χ1) is 11.9. The van der Waals surface area contributed by atoms with Gasteiger partial charge in [0, 0.05) is 25.1 Å². The molecule has 0 aliphatic carbocycles. The minimum atomic E-state index is -1.67. The molecule has 7 heteroatoms. The lowest BCUT2D eigenvalue weighted by molar-refractivity contribution is -0.119. The van der Waals surface area contributed by atoms with Crippen LogP contribution in [0.15, 0.2) is 35.7 Å². The van der Waals surface area contributed by atoms with E-state index in [0.717, 1.165) is 0 Å².